The molecule has 1 aliphatic heterocycles. The summed E-state index contributed by atoms with van der Waals surface area (Å²) in [6.45, 7) is 6.30. The van der Waals surface area contributed by atoms with E-state index in [9.17, 15) is 8.42 Å². The van der Waals surface area contributed by atoms with E-state index in [2.05, 4.69) is 16.5 Å². The van der Waals surface area contributed by atoms with Crippen LogP contribution in [0.2, 0.25) is 0 Å². The van der Waals surface area contributed by atoms with Gasteiger partial charge < -0.3 is 5.73 Å². The molecule has 1 saturated carbocycles. The molecule has 5 nitrogen and oxygen atoms in total. The summed E-state index contributed by atoms with van der Waals surface area (Å²) in [5, 5.41) is 0. The first-order valence-corrected chi connectivity index (χ1v) is 8.55. The van der Waals surface area contributed by atoms with Gasteiger partial charge in [0.2, 0.25) is 10.0 Å². The van der Waals surface area contributed by atoms with Crippen LogP contribution < -0.4 is 10.5 Å². The number of nitrogens with one attached hydrogen (secondary N) is 1. The molecule has 1 heterocycles. The van der Waals surface area contributed by atoms with Gasteiger partial charge in [0, 0.05) is 31.7 Å². The van der Waals surface area contributed by atoms with Crippen molar-refractivity contribution in [3.63, 3.8) is 0 Å². The molecule has 2 rings (SSSR count). The summed E-state index contributed by atoms with van der Waals surface area (Å²) in [6, 6.07) is 0.614. The van der Waals surface area contributed by atoms with E-state index in [1.54, 1.807) is 6.92 Å². The highest BCUT2D eigenvalue weighted by molar-refractivity contribution is 7.89. The van der Waals surface area contributed by atoms with E-state index in [-0.39, 0.29) is 36.6 Å². The highest BCUT2D eigenvalue weighted by Crippen LogP contribution is 2.36. The van der Waals surface area contributed by atoms with Crippen LogP contribution in [-0.2, 0) is 10.0 Å². The topological polar surface area (TPSA) is 75.4 Å². The van der Waals surface area contributed by atoms with Crippen molar-refractivity contribution in [2.75, 3.05) is 25.4 Å². The molecule has 4 atom stereocenters. The van der Waals surface area contributed by atoms with Crippen LogP contribution >= 0.6 is 24.8 Å². The van der Waals surface area contributed by atoms with Gasteiger partial charge in [-0.1, -0.05) is 0 Å². The van der Waals surface area contributed by atoms with Gasteiger partial charge in [-0.05, 0) is 38.5 Å². The number of nitrogens with two attached hydrogens (primary N) is 1. The normalized spacial score (nSPS) is 31.2. The van der Waals surface area contributed by atoms with Gasteiger partial charge in [-0.25, -0.2) is 13.1 Å². The number of fused-ring (bicyclic) bond motifs is 2. The molecule has 1 saturated heterocycles. The SMILES string of the molecule is CCS(=O)(=O)NCC(C)N1C[C@H]2CC[C@@H](C1)C2N.Cl.Cl. The molecule has 0 spiro atoms. The quantitative estimate of drug-likeness (QED) is 0.772. The first-order chi connectivity index (χ1) is 8.43. The molecule has 122 valence electrons. The second kappa shape index (κ2) is 8.15. The van der Waals surface area contributed by atoms with Gasteiger partial charge in [-0.2, -0.15) is 0 Å². The van der Waals surface area contributed by atoms with E-state index in [1.807, 2.05) is 0 Å². The third-order valence-corrected chi connectivity index (χ3v) is 5.90. The van der Waals surface area contributed by atoms with Gasteiger partial charge in [0.15, 0.2) is 0 Å². The lowest BCUT2D eigenvalue weighted by atomic mass is 9.92. The first kappa shape index (κ1) is 20.4. The first-order valence-electron chi connectivity index (χ1n) is 6.90. The summed E-state index contributed by atoms with van der Waals surface area (Å²) in [5.74, 6) is 1.36. The van der Waals surface area contributed by atoms with Crippen molar-refractivity contribution in [1.82, 2.24) is 9.62 Å². The smallest absolute Gasteiger partial charge is 0.211 e. The summed E-state index contributed by atoms with van der Waals surface area (Å²) in [4.78, 5) is 2.39. The van der Waals surface area contributed by atoms with Crippen LogP contribution in [0.4, 0.5) is 0 Å². The van der Waals surface area contributed by atoms with Crippen LogP contribution in [0.1, 0.15) is 26.7 Å². The van der Waals surface area contributed by atoms with Crippen LogP contribution in [-0.4, -0.2) is 50.8 Å². The Balaban J connectivity index is 0.00000180. The summed E-state index contributed by atoms with van der Waals surface area (Å²) >= 11 is 0. The molecule has 0 aromatic rings. The Hall–Kier alpha value is 0.410. The standard InChI is InChI=1S/C12H25N3O2S.2ClH/c1-3-18(16,17)14-6-9(2)15-7-10-4-5-11(8-15)12(10)13;;/h9-12,14H,3-8,13H2,1-2H3;2*1H/t9?,10-,11+,12?;;. The van der Waals surface area contributed by atoms with E-state index in [0.717, 1.165) is 13.1 Å². The molecule has 2 fully saturated rings. The maximum Gasteiger partial charge on any atom is 0.211 e. The molecular weight excluding hydrogens is 321 g/mol. The number of rotatable bonds is 5. The van der Waals surface area contributed by atoms with Crippen LogP contribution in [0.5, 0.6) is 0 Å². The summed E-state index contributed by atoms with van der Waals surface area (Å²) in [6.07, 6.45) is 2.46. The predicted molar refractivity (Wildman–Crippen MR) is 87.2 cm³/mol. The Bertz CT molecular complexity index is 380. The van der Waals surface area contributed by atoms with Crippen molar-refractivity contribution >= 4 is 34.8 Å². The summed E-state index contributed by atoms with van der Waals surface area (Å²) in [5.41, 5.74) is 6.17. The Kier molecular flexibility index (Phi) is 8.32. The highest BCUT2D eigenvalue weighted by Gasteiger charge is 2.40. The van der Waals surface area contributed by atoms with Crippen molar-refractivity contribution in [1.29, 1.82) is 0 Å². The minimum absolute atomic E-state index is 0. The second-order valence-electron chi connectivity index (χ2n) is 5.73. The molecule has 0 aromatic heterocycles. The third-order valence-electron chi connectivity index (χ3n) is 4.54. The monoisotopic (exact) mass is 347 g/mol. The Morgan fingerprint density at radius 3 is 2.20 bits per heavy atom. The van der Waals surface area contributed by atoms with Gasteiger partial charge in [-0.15, -0.1) is 24.8 Å². The largest absolute Gasteiger partial charge is 0.327 e. The molecule has 2 bridgehead atoms. The molecule has 2 unspecified atom stereocenters. The fraction of sp³-hybridized carbons (Fsp3) is 1.00. The number of nitrogens with zero attached hydrogens (tertiary/aromatic N) is 1. The zero-order valence-electron chi connectivity index (χ0n) is 12.1. The van der Waals surface area contributed by atoms with Gasteiger partial charge in [0.25, 0.3) is 0 Å². The lowest BCUT2D eigenvalue weighted by Gasteiger charge is -2.39. The number of piperidine rings is 1. The van der Waals surface area contributed by atoms with Crippen LogP contribution in [0, 0.1) is 11.8 Å². The van der Waals surface area contributed by atoms with Gasteiger partial charge in [0.1, 0.15) is 0 Å². The van der Waals surface area contributed by atoms with Crippen molar-refractivity contribution < 1.29 is 8.42 Å². The van der Waals surface area contributed by atoms with E-state index < -0.39 is 10.0 Å². The van der Waals surface area contributed by atoms with E-state index in [1.165, 1.54) is 12.8 Å². The van der Waals surface area contributed by atoms with Crippen molar-refractivity contribution in [3.05, 3.63) is 0 Å². The van der Waals surface area contributed by atoms with Gasteiger partial charge in [-0.3, -0.25) is 4.90 Å². The van der Waals surface area contributed by atoms with Crippen molar-refractivity contribution in [3.8, 4) is 0 Å². The molecule has 3 N–H and O–H groups in total. The minimum atomic E-state index is -3.08. The van der Waals surface area contributed by atoms with Crippen LogP contribution in [0.3, 0.4) is 0 Å². The van der Waals surface area contributed by atoms with Gasteiger partial charge in [0.05, 0.1) is 5.75 Å². The summed E-state index contributed by atoms with van der Waals surface area (Å²) in [7, 11) is -3.08. The average molecular weight is 348 g/mol. The van der Waals surface area contributed by atoms with E-state index in [0.29, 0.717) is 24.4 Å². The van der Waals surface area contributed by atoms with Crippen molar-refractivity contribution in [2.45, 2.75) is 38.8 Å². The maximum atomic E-state index is 11.4. The molecule has 0 radical (unpaired) electrons. The maximum absolute atomic E-state index is 11.4. The average Bonchev–Trinajstić information content (AvgIpc) is 2.58. The molecular formula is C12H27Cl2N3O2S. The lowest BCUT2D eigenvalue weighted by molar-refractivity contribution is 0.110. The van der Waals surface area contributed by atoms with Crippen LogP contribution in [0.15, 0.2) is 0 Å². The molecule has 8 heteroatoms. The minimum Gasteiger partial charge on any atom is -0.327 e. The van der Waals surface area contributed by atoms with Crippen molar-refractivity contribution in [2.24, 2.45) is 17.6 Å². The lowest BCUT2D eigenvalue weighted by Crippen LogP contribution is -2.53. The highest BCUT2D eigenvalue weighted by atomic mass is 35.5. The Labute approximate surface area is 134 Å². The van der Waals surface area contributed by atoms with E-state index in [4.69, 9.17) is 5.73 Å². The zero-order chi connectivity index (χ0) is 13.3. The molecule has 0 amide bonds. The fourth-order valence-corrected chi connectivity index (χ4v) is 3.84. The predicted octanol–water partition coefficient (Wildman–Crippen LogP) is 0.827. The Morgan fingerprint density at radius 1 is 1.25 bits per heavy atom. The molecule has 2 aliphatic rings. The number of hydrogen-bond acceptors (Lipinski definition) is 4. The Morgan fingerprint density at radius 2 is 1.75 bits per heavy atom. The zero-order valence-corrected chi connectivity index (χ0v) is 14.6. The van der Waals surface area contributed by atoms with E-state index >= 15 is 0 Å². The number of sulfonamides is 1. The van der Waals surface area contributed by atoms with Crippen LogP contribution in [0.25, 0.3) is 0 Å². The number of likely N-dealkylation sites (tertiary alicyclic amines) is 1. The molecule has 1 aliphatic carbocycles. The number of halogens is 2. The summed E-state index contributed by atoms with van der Waals surface area (Å²) < 4.78 is 25.5. The molecule has 20 heavy (non-hydrogen) atoms. The van der Waals surface area contributed by atoms with Gasteiger partial charge >= 0.3 is 0 Å². The second-order valence-corrected chi connectivity index (χ2v) is 7.83. The number of hydrogen-bond donors (Lipinski definition) is 2. The molecule has 0 aromatic carbocycles. The fourth-order valence-electron chi connectivity index (χ4n) is 3.14. The third kappa shape index (κ3) is 4.71.